The number of nitrogens with one attached hydrogen (secondary N) is 1. The molecule has 0 bridgehead atoms. The van der Waals surface area contributed by atoms with Crippen molar-refractivity contribution in [2.24, 2.45) is 0 Å². The number of esters is 1. The third-order valence-corrected chi connectivity index (χ3v) is 3.72. The van der Waals surface area contributed by atoms with Crippen LogP contribution in [0, 0.1) is 24.0 Å². The predicted molar refractivity (Wildman–Crippen MR) is 98.7 cm³/mol. The molecule has 0 spiro atoms. The lowest BCUT2D eigenvalue weighted by Crippen LogP contribution is -2.30. The molecule has 0 saturated heterocycles. The molecule has 0 fully saturated rings. The first-order chi connectivity index (χ1) is 12.8. The number of amides is 1. The van der Waals surface area contributed by atoms with Crippen molar-refractivity contribution in [2.75, 3.05) is 11.9 Å². The Morgan fingerprint density at radius 1 is 1.15 bits per heavy atom. The Balaban J connectivity index is 1.91. The average Bonchev–Trinajstić information content (AvgIpc) is 2.63. The number of nitro groups is 1. The van der Waals surface area contributed by atoms with Gasteiger partial charge in [-0.1, -0.05) is 29.8 Å². The van der Waals surface area contributed by atoms with Crippen LogP contribution >= 0.6 is 0 Å². The maximum Gasteiger partial charge on any atom is 0.347 e. The minimum atomic E-state index is -0.909. The highest BCUT2D eigenvalue weighted by molar-refractivity contribution is 5.95. The van der Waals surface area contributed by atoms with Gasteiger partial charge in [0.2, 0.25) is 0 Å². The number of nitro benzene ring substituents is 1. The molecule has 1 N–H and O–H groups in total. The smallest absolute Gasteiger partial charge is 0.347 e. The van der Waals surface area contributed by atoms with Crippen molar-refractivity contribution in [3.63, 3.8) is 0 Å². The molecule has 27 heavy (non-hydrogen) atoms. The zero-order valence-electron chi connectivity index (χ0n) is 15.2. The number of hydrogen-bond donors (Lipinski definition) is 1. The number of aryl methyl sites for hydroxylation is 2. The molecule has 8 nitrogen and oxygen atoms in total. The summed E-state index contributed by atoms with van der Waals surface area (Å²) in [6, 6.07) is 11.6. The first-order valence-electron chi connectivity index (χ1n) is 8.21. The van der Waals surface area contributed by atoms with Crippen LogP contribution in [-0.2, 0) is 14.3 Å². The third-order valence-electron chi connectivity index (χ3n) is 3.72. The molecule has 0 aliphatic heterocycles. The summed E-state index contributed by atoms with van der Waals surface area (Å²) in [5.74, 6) is -0.890. The summed E-state index contributed by atoms with van der Waals surface area (Å²) < 4.78 is 10.4. The SMILES string of the molecule is Cc1ccc(OC(C)C(=O)OCC(=O)Nc2c(C)cccc2[N+](=O)[O-])cc1. The maximum absolute atomic E-state index is 12.0. The third kappa shape index (κ3) is 5.53. The molecule has 1 amide bonds. The van der Waals surface area contributed by atoms with E-state index in [9.17, 15) is 19.7 Å². The van der Waals surface area contributed by atoms with Crippen LogP contribution in [0.4, 0.5) is 11.4 Å². The van der Waals surface area contributed by atoms with Gasteiger partial charge in [0.05, 0.1) is 4.92 Å². The highest BCUT2D eigenvalue weighted by atomic mass is 16.6. The Kier molecular flexibility index (Phi) is 6.48. The Morgan fingerprint density at radius 2 is 1.81 bits per heavy atom. The number of para-hydroxylation sites is 1. The fraction of sp³-hybridized carbons (Fsp3) is 0.263. The standard InChI is InChI=1S/C19H20N2O6/c1-12-7-9-15(10-8-12)27-14(3)19(23)26-11-17(22)20-18-13(2)5-4-6-16(18)21(24)25/h4-10,14H,11H2,1-3H3,(H,20,22). The summed E-state index contributed by atoms with van der Waals surface area (Å²) in [5, 5.41) is 13.5. The van der Waals surface area contributed by atoms with Crippen LogP contribution < -0.4 is 10.1 Å². The van der Waals surface area contributed by atoms with E-state index in [1.807, 2.05) is 19.1 Å². The van der Waals surface area contributed by atoms with Gasteiger partial charge in [-0.15, -0.1) is 0 Å². The van der Waals surface area contributed by atoms with Crippen molar-refractivity contribution in [1.29, 1.82) is 0 Å². The predicted octanol–water partition coefficient (Wildman–Crippen LogP) is 3.16. The normalized spacial score (nSPS) is 11.4. The fourth-order valence-corrected chi connectivity index (χ4v) is 2.27. The molecule has 142 valence electrons. The first-order valence-corrected chi connectivity index (χ1v) is 8.21. The molecule has 2 aromatic carbocycles. The van der Waals surface area contributed by atoms with Crippen LogP contribution in [0.15, 0.2) is 42.5 Å². The summed E-state index contributed by atoms with van der Waals surface area (Å²) in [4.78, 5) is 34.5. The van der Waals surface area contributed by atoms with Crippen LogP contribution in [0.3, 0.4) is 0 Å². The van der Waals surface area contributed by atoms with Gasteiger partial charge in [-0.05, 0) is 38.5 Å². The van der Waals surface area contributed by atoms with Gasteiger partial charge in [-0.3, -0.25) is 14.9 Å². The molecule has 1 atom stereocenters. The Hall–Kier alpha value is -3.42. The number of anilines is 1. The molecule has 0 aliphatic rings. The van der Waals surface area contributed by atoms with Crippen LogP contribution in [0.5, 0.6) is 5.75 Å². The van der Waals surface area contributed by atoms with Gasteiger partial charge in [0.25, 0.3) is 11.6 Å². The number of carbonyl (C=O) groups is 2. The number of nitrogens with zero attached hydrogens (tertiary/aromatic N) is 1. The van der Waals surface area contributed by atoms with Gasteiger partial charge in [0, 0.05) is 6.07 Å². The largest absolute Gasteiger partial charge is 0.479 e. The van der Waals surface area contributed by atoms with E-state index in [4.69, 9.17) is 9.47 Å². The minimum absolute atomic E-state index is 0.0764. The van der Waals surface area contributed by atoms with Gasteiger partial charge in [-0.2, -0.15) is 0 Å². The van der Waals surface area contributed by atoms with E-state index in [1.54, 1.807) is 25.1 Å². The van der Waals surface area contributed by atoms with E-state index < -0.39 is 29.5 Å². The van der Waals surface area contributed by atoms with Gasteiger partial charge < -0.3 is 14.8 Å². The van der Waals surface area contributed by atoms with Crippen molar-refractivity contribution in [1.82, 2.24) is 0 Å². The second kappa shape index (κ2) is 8.79. The number of hydrogen-bond acceptors (Lipinski definition) is 6. The molecule has 2 aromatic rings. The van der Waals surface area contributed by atoms with E-state index in [0.717, 1.165) is 5.56 Å². The van der Waals surface area contributed by atoms with Gasteiger partial charge in [-0.25, -0.2) is 4.79 Å². The summed E-state index contributed by atoms with van der Waals surface area (Å²) in [5.41, 5.74) is 1.43. The molecule has 8 heteroatoms. The average molecular weight is 372 g/mol. The van der Waals surface area contributed by atoms with Crippen LogP contribution in [0.1, 0.15) is 18.1 Å². The van der Waals surface area contributed by atoms with Crippen LogP contribution in [0.25, 0.3) is 0 Å². The molecular weight excluding hydrogens is 352 g/mol. The van der Waals surface area contributed by atoms with Crippen molar-refractivity contribution in [2.45, 2.75) is 26.9 Å². The van der Waals surface area contributed by atoms with Crippen molar-refractivity contribution >= 4 is 23.3 Å². The lowest BCUT2D eigenvalue weighted by atomic mass is 10.1. The Bertz CT molecular complexity index is 848. The first kappa shape index (κ1) is 19.9. The molecule has 0 saturated carbocycles. The summed E-state index contributed by atoms with van der Waals surface area (Å²) in [6.07, 6.45) is -0.909. The van der Waals surface area contributed by atoms with Gasteiger partial charge in [0.15, 0.2) is 12.7 Å². The zero-order valence-corrected chi connectivity index (χ0v) is 15.2. The fourth-order valence-electron chi connectivity index (χ4n) is 2.27. The van der Waals surface area contributed by atoms with Crippen LogP contribution in [0.2, 0.25) is 0 Å². The van der Waals surface area contributed by atoms with E-state index in [-0.39, 0.29) is 11.4 Å². The zero-order chi connectivity index (χ0) is 20.0. The van der Waals surface area contributed by atoms with Crippen molar-refractivity contribution in [3.05, 3.63) is 63.7 Å². The van der Waals surface area contributed by atoms with E-state index >= 15 is 0 Å². The van der Waals surface area contributed by atoms with E-state index in [0.29, 0.717) is 11.3 Å². The lowest BCUT2D eigenvalue weighted by molar-refractivity contribution is -0.384. The van der Waals surface area contributed by atoms with Gasteiger partial charge in [0.1, 0.15) is 11.4 Å². The highest BCUT2D eigenvalue weighted by Gasteiger charge is 2.21. The summed E-state index contributed by atoms with van der Waals surface area (Å²) >= 11 is 0. The molecular formula is C19H20N2O6. The summed E-state index contributed by atoms with van der Waals surface area (Å²) in [7, 11) is 0. The summed E-state index contributed by atoms with van der Waals surface area (Å²) in [6.45, 7) is 4.49. The quantitative estimate of drug-likeness (QED) is 0.454. The number of rotatable bonds is 7. The lowest BCUT2D eigenvalue weighted by Gasteiger charge is -2.14. The molecule has 0 aromatic heterocycles. The number of benzene rings is 2. The highest BCUT2D eigenvalue weighted by Crippen LogP contribution is 2.27. The molecule has 0 radical (unpaired) electrons. The molecule has 2 rings (SSSR count). The van der Waals surface area contributed by atoms with E-state index in [2.05, 4.69) is 5.32 Å². The molecule has 0 heterocycles. The number of ether oxygens (including phenoxy) is 2. The maximum atomic E-state index is 12.0. The minimum Gasteiger partial charge on any atom is -0.479 e. The molecule has 0 aliphatic carbocycles. The number of carbonyl (C=O) groups excluding carboxylic acids is 2. The van der Waals surface area contributed by atoms with Crippen LogP contribution in [-0.4, -0.2) is 29.5 Å². The van der Waals surface area contributed by atoms with Gasteiger partial charge >= 0.3 is 5.97 Å². The topological polar surface area (TPSA) is 108 Å². The Labute approximate surface area is 156 Å². The monoisotopic (exact) mass is 372 g/mol. The van der Waals surface area contributed by atoms with E-state index in [1.165, 1.54) is 19.1 Å². The Morgan fingerprint density at radius 3 is 2.44 bits per heavy atom. The molecule has 1 unspecified atom stereocenters. The second-order valence-electron chi connectivity index (χ2n) is 5.96. The van der Waals surface area contributed by atoms with Crippen molar-refractivity contribution in [3.8, 4) is 5.75 Å². The van der Waals surface area contributed by atoms with Crippen molar-refractivity contribution < 1.29 is 24.0 Å². The second-order valence-corrected chi connectivity index (χ2v) is 5.96.